The van der Waals surface area contributed by atoms with Crippen LogP contribution in [0.15, 0.2) is 54.9 Å². The fourth-order valence-corrected chi connectivity index (χ4v) is 1.51. The minimum absolute atomic E-state index is 0.241. The van der Waals surface area contributed by atoms with Crippen LogP contribution in [-0.4, -0.2) is 26.3 Å². The molecule has 1 aromatic heterocycles. The lowest BCUT2D eigenvalue weighted by Crippen LogP contribution is -2.38. The van der Waals surface area contributed by atoms with Crippen molar-refractivity contribution < 1.29 is 23.8 Å². The van der Waals surface area contributed by atoms with E-state index in [2.05, 4.69) is 0 Å². The van der Waals surface area contributed by atoms with Crippen molar-refractivity contribution in [2.24, 2.45) is 0 Å². The van der Waals surface area contributed by atoms with Crippen LogP contribution in [0.5, 0.6) is 5.75 Å². The molecule has 2 rings (SSSR count). The highest BCUT2D eigenvalue weighted by atomic mass is 16.7. The minimum atomic E-state index is -0.381. The SMILES string of the molecule is COCCOC(=O)c1cc[n+](Oc2ccccc2)cc1. The van der Waals surface area contributed by atoms with Crippen LogP contribution in [0, 0.1) is 0 Å². The zero-order valence-electron chi connectivity index (χ0n) is 11.2. The number of nitrogens with zero attached hydrogens (tertiary/aromatic N) is 1. The van der Waals surface area contributed by atoms with Gasteiger partial charge in [-0.3, -0.25) is 0 Å². The molecule has 0 bridgehead atoms. The van der Waals surface area contributed by atoms with Crippen LogP contribution >= 0.6 is 0 Å². The maximum atomic E-state index is 11.7. The molecule has 0 aliphatic rings. The molecule has 1 aromatic carbocycles. The van der Waals surface area contributed by atoms with E-state index < -0.39 is 0 Å². The molecule has 0 saturated heterocycles. The molecule has 0 aliphatic carbocycles. The van der Waals surface area contributed by atoms with Gasteiger partial charge in [0.2, 0.25) is 18.1 Å². The Bertz CT molecular complexity index is 540. The Balaban J connectivity index is 1.94. The van der Waals surface area contributed by atoms with E-state index in [1.807, 2.05) is 30.3 Å². The topological polar surface area (TPSA) is 48.6 Å². The van der Waals surface area contributed by atoms with Gasteiger partial charge in [-0.25, -0.2) is 9.63 Å². The minimum Gasteiger partial charge on any atom is -0.460 e. The van der Waals surface area contributed by atoms with E-state index >= 15 is 0 Å². The first-order chi connectivity index (χ1) is 9.79. The van der Waals surface area contributed by atoms with Gasteiger partial charge >= 0.3 is 5.97 Å². The number of pyridine rings is 1. The molecule has 0 saturated carbocycles. The Morgan fingerprint density at radius 3 is 2.40 bits per heavy atom. The molecule has 104 valence electrons. The standard InChI is InChI=1S/C15H16NO4/c1-18-11-12-19-15(17)13-7-9-16(10-8-13)20-14-5-3-2-4-6-14/h2-10H,11-12H2,1H3/q+1. The molecule has 20 heavy (non-hydrogen) atoms. The van der Waals surface area contributed by atoms with Crippen LogP contribution in [0.2, 0.25) is 0 Å². The Morgan fingerprint density at radius 1 is 1.05 bits per heavy atom. The smallest absolute Gasteiger partial charge is 0.338 e. The van der Waals surface area contributed by atoms with E-state index in [0.29, 0.717) is 17.9 Å². The van der Waals surface area contributed by atoms with Crippen molar-refractivity contribution in [2.75, 3.05) is 20.3 Å². The average molecular weight is 274 g/mol. The summed E-state index contributed by atoms with van der Waals surface area (Å²) in [5.74, 6) is 0.335. The predicted molar refractivity (Wildman–Crippen MR) is 71.3 cm³/mol. The van der Waals surface area contributed by atoms with E-state index in [-0.39, 0.29) is 12.6 Å². The molecule has 0 spiro atoms. The van der Waals surface area contributed by atoms with Gasteiger partial charge in [-0.1, -0.05) is 18.2 Å². The zero-order valence-corrected chi connectivity index (χ0v) is 11.2. The van der Waals surface area contributed by atoms with Gasteiger partial charge in [0.15, 0.2) is 0 Å². The molecular weight excluding hydrogens is 258 g/mol. The van der Waals surface area contributed by atoms with Crippen LogP contribution in [-0.2, 0) is 9.47 Å². The summed E-state index contributed by atoms with van der Waals surface area (Å²) in [6, 6.07) is 12.7. The highest BCUT2D eigenvalue weighted by Crippen LogP contribution is 2.06. The third-order valence-electron chi connectivity index (χ3n) is 2.51. The van der Waals surface area contributed by atoms with E-state index in [1.54, 1.807) is 31.6 Å². The second kappa shape index (κ2) is 7.25. The van der Waals surface area contributed by atoms with Gasteiger partial charge in [0.1, 0.15) is 6.61 Å². The normalized spacial score (nSPS) is 10.1. The summed E-state index contributed by atoms with van der Waals surface area (Å²) in [6.07, 6.45) is 3.31. The van der Waals surface area contributed by atoms with Gasteiger partial charge in [-0.05, 0) is 12.1 Å². The maximum absolute atomic E-state index is 11.7. The van der Waals surface area contributed by atoms with Gasteiger partial charge in [0.05, 0.1) is 12.2 Å². The summed E-state index contributed by atoms with van der Waals surface area (Å²) < 4.78 is 11.3. The first kappa shape index (κ1) is 14.0. The first-order valence-electron chi connectivity index (χ1n) is 6.20. The predicted octanol–water partition coefficient (Wildman–Crippen LogP) is 1.62. The number of rotatable bonds is 6. The molecule has 2 aromatic rings. The molecular formula is C15H16NO4+. The van der Waals surface area contributed by atoms with Gasteiger partial charge in [-0.15, -0.1) is 0 Å². The second-order valence-corrected chi connectivity index (χ2v) is 3.98. The van der Waals surface area contributed by atoms with Crippen molar-refractivity contribution in [1.29, 1.82) is 0 Å². The highest BCUT2D eigenvalue weighted by molar-refractivity contribution is 5.88. The van der Waals surface area contributed by atoms with Crippen molar-refractivity contribution in [2.45, 2.75) is 0 Å². The third kappa shape index (κ3) is 4.07. The lowest BCUT2D eigenvalue weighted by atomic mass is 10.3. The molecule has 0 amide bonds. The van der Waals surface area contributed by atoms with Crippen molar-refractivity contribution >= 4 is 5.97 Å². The Hall–Kier alpha value is -2.40. The molecule has 0 aliphatic heterocycles. The van der Waals surface area contributed by atoms with Gasteiger partial charge in [-0.2, -0.15) is 0 Å². The highest BCUT2D eigenvalue weighted by Gasteiger charge is 2.10. The second-order valence-electron chi connectivity index (χ2n) is 3.98. The third-order valence-corrected chi connectivity index (χ3v) is 2.51. The van der Waals surface area contributed by atoms with Gasteiger partial charge in [0.25, 0.3) is 0 Å². The number of methoxy groups -OCH3 is 1. The molecule has 0 radical (unpaired) electrons. The summed E-state index contributed by atoms with van der Waals surface area (Å²) in [5, 5.41) is 0. The number of esters is 1. The number of benzene rings is 1. The van der Waals surface area contributed by atoms with E-state index in [9.17, 15) is 4.79 Å². The van der Waals surface area contributed by atoms with Crippen LogP contribution < -0.4 is 9.57 Å². The zero-order chi connectivity index (χ0) is 14.2. The average Bonchev–Trinajstić information content (AvgIpc) is 2.49. The first-order valence-corrected chi connectivity index (χ1v) is 6.20. The van der Waals surface area contributed by atoms with Crippen molar-refractivity contribution in [3.63, 3.8) is 0 Å². The number of aromatic nitrogens is 1. The summed E-state index contributed by atoms with van der Waals surface area (Å²) in [7, 11) is 1.56. The summed E-state index contributed by atoms with van der Waals surface area (Å²) in [6.45, 7) is 0.625. The number of ether oxygens (including phenoxy) is 2. The Kier molecular flexibility index (Phi) is 5.08. The number of para-hydroxylation sites is 1. The van der Waals surface area contributed by atoms with Gasteiger partial charge < -0.3 is 9.47 Å². The number of carbonyl (C=O) groups is 1. The van der Waals surface area contributed by atoms with E-state index in [0.717, 1.165) is 0 Å². The van der Waals surface area contributed by atoms with Gasteiger partial charge in [0, 0.05) is 24.0 Å². The monoisotopic (exact) mass is 274 g/mol. The number of hydrogen-bond acceptors (Lipinski definition) is 4. The van der Waals surface area contributed by atoms with Crippen molar-refractivity contribution in [3.05, 3.63) is 60.4 Å². The summed E-state index contributed by atoms with van der Waals surface area (Å²) in [4.78, 5) is 17.2. The molecule has 0 atom stereocenters. The lowest BCUT2D eigenvalue weighted by Gasteiger charge is -2.03. The number of hydrogen-bond donors (Lipinski definition) is 0. The molecule has 5 nitrogen and oxygen atoms in total. The molecule has 0 unspecified atom stereocenters. The lowest BCUT2D eigenvalue weighted by molar-refractivity contribution is -0.875. The van der Waals surface area contributed by atoms with Crippen LogP contribution in [0.1, 0.15) is 10.4 Å². The molecule has 0 N–H and O–H groups in total. The fraction of sp³-hybridized carbons (Fsp3) is 0.200. The Morgan fingerprint density at radius 2 is 1.75 bits per heavy atom. The largest absolute Gasteiger partial charge is 0.460 e. The van der Waals surface area contributed by atoms with Crippen molar-refractivity contribution in [1.82, 2.24) is 0 Å². The fourth-order valence-electron chi connectivity index (χ4n) is 1.51. The molecule has 0 fully saturated rings. The van der Waals surface area contributed by atoms with E-state index in [4.69, 9.17) is 14.3 Å². The van der Waals surface area contributed by atoms with Crippen LogP contribution in [0.4, 0.5) is 0 Å². The summed E-state index contributed by atoms with van der Waals surface area (Å²) >= 11 is 0. The van der Waals surface area contributed by atoms with Crippen LogP contribution in [0.25, 0.3) is 0 Å². The maximum Gasteiger partial charge on any atom is 0.338 e. The summed E-state index contributed by atoms with van der Waals surface area (Å²) in [5.41, 5.74) is 0.467. The number of carbonyl (C=O) groups excluding carboxylic acids is 1. The molecule has 1 heterocycles. The van der Waals surface area contributed by atoms with Crippen molar-refractivity contribution in [3.8, 4) is 5.75 Å². The quantitative estimate of drug-likeness (QED) is 0.456. The van der Waals surface area contributed by atoms with Crippen LogP contribution in [0.3, 0.4) is 0 Å². The molecule has 5 heteroatoms. The van der Waals surface area contributed by atoms with E-state index in [1.165, 1.54) is 4.73 Å². The Labute approximate surface area is 117 Å².